The molecule has 0 N–H and O–H groups in total. The van der Waals surface area contributed by atoms with Crippen LogP contribution in [0.4, 0.5) is 0 Å². The zero-order valence-electron chi connectivity index (χ0n) is 13.7. The summed E-state index contributed by atoms with van der Waals surface area (Å²) < 4.78 is 30.9. The molecule has 124 valence electrons. The molecule has 0 amide bonds. The number of hydrogen-bond acceptors (Lipinski definition) is 4. The molecular formula is C16H26N2O3S. The summed E-state index contributed by atoms with van der Waals surface area (Å²) in [5.74, 6) is 0.711. The first kappa shape index (κ1) is 17.2. The van der Waals surface area contributed by atoms with Gasteiger partial charge in [-0.05, 0) is 50.6 Å². The lowest BCUT2D eigenvalue weighted by Gasteiger charge is -2.33. The van der Waals surface area contributed by atoms with Crippen LogP contribution >= 0.6 is 0 Å². The average molecular weight is 326 g/mol. The third-order valence-electron chi connectivity index (χ3n) is 4.19. The zero-order chi connectivity index (χ0) is 16.2. The van der Waals surface area contributed by atoms with Crippen molar-refractivity contribution in [1.82, 2.24) is 9.21 Å². The van der Waals surface area contributed by atoms with E-state index in [1.165, 1.54) is 37.7 Å². The smallest absolute Gasteiger partial charge is 0.242 e. The lowest BCUT2D eigenvalue weighted by molar-refractivity contribution is 0.133. The molecule has 1 unspecified atom stereocenters. The fraction of sp³-hybridized carbons (Fsp3) is 0.625. The van der Waals surface area contributed by atoms with Crippen LogP contribution in [0, 0.1) is 0 Å². The molecule has 1 aromatic rings. The summed E-state index contributed by atoms with van der Waals surface area (Å²) in [7, 11) is -0.314. The van der Waals surface area contributed by atoms with Crippen LogP contribution in [0.5, 0.6) is 5.75 Å². The molecule has 5 nitrogen and oxygen atoms in total. The molecule has 0 aliphatic carbocycles. The molecule has 1 aromatic carbocycles. The normalized spacial score (nSPS) is 20.3. The van der Waals surface area contributed by atoms with Crippen molar-refractivity contribution < 1.29 is 13.2 Å². The maximum Gasteiger partial charge on any atom is 0.242 e. The minimum Gasteiger partial charge on any atom is -0.492 e. The second-order valence-corrected chi connectivity index (χ2v) is 8.14. The monoisotopic (exact) mass is 326 g/mol. The summed E-state index contributed by atoms with van der Waals surface area (Å²) in [6.45, 7) is 4.95. The van der Waals surface area contributed by atoms with E-state index in [1.54, 1.807) is 24.3 Å². The van der Waals surface area contributed by atoms with Crippen LogP contribution in [0.3, 0.4) is 0 Å². The van der Waals surface area contributed by atoms with E-state index in [0.717, 1.165) is 13.1 Å². The molecule has 0 saturated carbocycles. The molecule has 1 atom stereocenters. The highest BCUT2D eigenvalue weighted by atomic mass is 32.2. The minimum atomic E-state index is -3.37. The Morgan fingerprint density at radius 2 is 1.91 bits per heavy atom. The van der Waals surface area contributed by atoms with Gasteiger partial charge in [-0.3, -0.25) is 4.90 Å². The SMILES string of the molecule is CC1CCCCN1CCOc1ccc(S(=O)(=O)N(C)C)cc1. The number of benzene rings is 1. The van der Waals surface area contributed by atoms with Gasteiger partial charge in [-0.1, -0.05) is 6.42 Å². The van der Waals surface area contributed by atoms with Crippen molar-refractivity contribution in [2.24, 2.45) is 0 Å². The van der Waals surface area contributed by atoms with Crippen LogP contribution in [-0.4, -0.2) is 57.5 Å². The minimum absolute atomic E-state index is 0.287. The molecule has 6 heteroatoms. The van der Waals surface area contributed by atoms with E-state index in [-0.39, 0.29) is 4.90 Å². The van der Waals surface area contributed by atoms with E-state index in [4.69, 9.17) is 4.74 Å². The van der Waals surface area contributed by atoms with E-state index >= 15 is 0 Å². The number of hydrogen-bond donors (Lipinski definition) is 0. The van der Waals surface area contributed by atoms with Gasteiger partial charge in [-0.25, -0.2) is 12.7 Å². The van der Waals surface area contributed by atoms with Crippen molar-refractivity contribution >= 4 is 10.0 Å². The quantitative estimate of drug-likeness (QED) is 0.804. The van der Waals surface area contributed by atoms with Gasteiger partial charge >= 0.3 is 0 Å². The molecule has 0 bridgehead atoms. The number of rotatable bonds is 6. The summed E-state index contributed by atoms with van der Waals surface area (Å²) in [5, 5.41) is 0. The number of likely N-dealkylation sites (tertiary alicyclic amines) is 1. The van der Waals surface area contributed by atoms with Gasteiger partial charge in [0, 0.05) is 26.7 Å². The van der Waals surface area contributed by atoms with E-state index in [1.807, 2.05) is 0 Å². The molecule has 1 heterocycles. The van der Waals surface area contributed by atoms with Crippen LogP contribution < -0.4 is 4.74 Å². The van der Waals surface area contributed by atoms with Crippen molar-refractivity contribution in [2.75, 3.05) is 33.8 Å². The summed E-state index contributed by atoms with van der Waals surface area (Å²) in [4.78, 5) is 2.74. The van der Waals surface area contributed by atoms with Crippen molar-refractivity contribution in [3.8, 4) is 5.75 Å². The molecule has 0 radical (unpaired) electrons. The van der Waals surface area contributed by atoms with E-state index in [0.29, 0.717) is 18.4 Å². The molecule has 2 rings (SSSR count). The van der Waals surface area contributed by atoms with E-state index in [9.17, 15) is 8.42 Å². The Labute approximate surface area is 133 Å². The van der Waals surface area contributed by atoms with Gasteiger partial charge in [0.2, 0.25) is 10.0 Å². The highest BCUT2D eigenvalue weighted by molar-refractivity contribution is 7.89. The van der Waals surface area contributed by atoms with Gasteiger partial charge in [-0.15, -0.1) is 0 Å². The first-order valence-corrected chi connectivity index (χ1v) is 9.24. The zero-order valence-corrected chi connectivity index (χ0v) is 14.5. The fourth-order valence-electron chi connectivity index (χ4n) is 2.69. The molecule has 1 saturated heterocycles. The summed E-state index contributed by atoms with van der Waals surface area (Å²) in [6.07, 6.45) is 3.85. The predicted molar refractivity (Wildman–Crippen MR) is 87.7 cm³/mol. The van der Waals surface area contributed by atoms with Crippen LogP contribution in [-0.2, 0) is 10.0 Å². The average Bonchev–Trinajstić information content (AvgIpc) is 2.49. The van der Waals surface area contributed by atoms with Crippen LogP contribution in [0.25, 0.3) is 0 Å². The Morgan fingerprint density at radius 3 is 2.50 bits per heavy atom. The molecule has 1 aliphatic heterocycles. The third-order valence-corrected chi connectivity index (χ3v) is 6.02. The lowest BCUT2D eigenvalue weighted by atomic mass is 10.0. The molecule has 0 spiro atoms. The highest BCUT2D eigenvalue weighted by Crippen LogP contribution is 2.19. The predicted octanol–water partition coefficient (Wildman–Crippen LogP) is 2.19. The van der Waals surface area contributed by atoms with Gasteiger partial charge in [0.25, 0.3) is 0 Å². The second kappa shape index (κ2) is 7.44. The molecule has 1 fully saturated rings. The number of ether oxygens (including phenoxy) is 1. The third kappa shape index (κ3) is 4.21. The van der Waals surface area contributed by atoms with E-state index < -0.39 is 10.0 Å². The van der Waals surface area contributed by atoms with Crippen LogP contribution in [0.2, 0.25) is 0 Å². The van der Waals surface area contributed by atoms with Crippen molar-refractivity contribution in [3.05, 3.63) is 24.3 Å². The number of sulfonamides is 1. The standard InChI is InChI=1S/C16H26N2O3S/c1-14-6-4-5-11-18(14)12-13-21-15-7-9-16(10-8-15)22(19,20)17(2)3/h7-10,14H,4-6,11-13H2,1-3H3. The number of nitrogens with zero attached hydrogens (tertiary/aromatic N) is 2. The van der Waals surface area contributed by atoms with Crippen LogP contribution in [0.15, 0.2) is 29.2 Å². The first-order chi connectivity index (χ1) is 10.4. The van der Waals surface area contributed by atoms with Gasteiger partial charge in [0.05, 0.1) is 4.90 Å². The maximum absolute atomic E-state index is 12.0. The molecule has 0 aromatic heterocycles. The molecule has 22 heavy (non-hydrogen) atoms. The summed E-state index contributed by atoms with van der Waals surface area (Å²) >= 11 is 0. The summed E-state index contributed by atoms with van der Waals surface area (Å²) in [6, 6.07) is 7.25. The Kier molecular flexibility index (Phi) is 5.83. The Hall–Kier alpha value is -1.11. The maximum atomic E-state index is 12.0. The Morgan fingerprint density at radius 1 is 1.23 bits per heavy atom. The Bertz CT molecular complexity index is 570. The van der Waals surface area contributed by atoms with Gasteiger partial charge in [0.1, 0.15) is 12.4 Å². The highest BCUT2D eigenvalue weighted by Gasteiger charge is 2.18. The van der Waals surface area contributed by atoms with Gasteiger partial charge in [0.15, 0.2) is 0 Å². The second-order valence-electron chi connectivity index (χ2n) is 5.99. The van der Waals surface area contributed by atoms with Gasteiger partial charge < -0.3 is 4.74 Å². The van der Waals surface area contributed by atoms with Crippen molar-refractivity contribution in [2.45, 2.75) is 37.1 Å². The molecule has 1 aliphatic rings. The largest absolute Gasteiger partial charge is 0.492 e. The summed E-state index contributed by atoms with van der Waals surface area (Å²) in [5.41, 5.74) is 0. The first-order valence-electron chi connectivity index (χ1n) is 7.80. The van der Waals surface area contributed by atoms with Gasteiger partial charge in [-0.2, -0.15) is 0 Å². The van der Waals surface area contributed by atoms with Crippen molar-refractivity contribution in [1.29, 1.82) is 0 Å². The Balaban J connectivity index is 1.87. The lowest BCUT2D eigenvalue weighted by Crippen LogP contribution is -2.39. The fourth-order valence-corrected chi connectivity index (χ4v) is 3.59. The topological polar surface area (TPSA) is 49.9 Å². The van der Waals surface area contributed by atoms with E-state index in [2.05, 4.69) is 11.8 Å². The van der Waals surface area contributed by atoms with Crippen LogP contribution in [0.1, 0.15) is 26.2 Å². The van der Waals surface area contributed by atoms with Crippen molar-refractivity contribution in [3.63, 3.8) is 0 Å². The molecular weight excluding hydrogens is 300 g/mol. The number of piperidine rings is 1.